The first-order chi connectivity index (χ1) is 12.5. The van der Waals surface area contributed by atoms with E-state index in [0.717, 1.165) is 17.8 Å². The number of hydrazine groups is 1. The van der Waals surface area contributed by atoms with Crippen LogP contribution in [0.3, 0.4) is 0 Å². The van der Waals surface area contributed by atoms with Crippen LogP contribution < -0.4 is 16.2 Å². The minimum absolute atomic E-state index is 0.304. The van der Waals surface area contributed by atoms with E-state index in [1.54, 1.807) is 24.3 Å². The fourth-order valence-corrected chi connectivity index (χ4v) is 2.64. The topological polar surface area (TPSA) is 112 Å². The van der Waals surface area contributed by atoms with Crippen molar-refractivity contribution in [1.29, 1.82) is 0 Å². The molecule has 0 radical (unpaired) electrons. The van der Waals surface area contributed by atoms with Crippen LogP contribution in [0, 0.1) is 0 Å². The zero-order chi connectivity index (χ0) is 18.5. The zero-order valence-electron chi connectivity index (χ0n) is 14.8. The third-order valence-corrected chi connectivity index (χ3v) is 4.48. The van der Waals surface area contributed by atoms with Gasteiger partial charge in [0.1, 0.15) is 5.82 Å². The van der Waals surface area contributed by atoms with E-state index in [1.165, 1.54) is 12.8 Å². The van der Waals surface area contributed by atoms with Crippen molar-refractivity contribution < 1.29 is 8.76 Å². The molecule has 1 aliphatic carbocycles. The summed E-state index contributed by atoms with van der Waals surface area (Å²) in [5.41, 5.74) is 8.45. The van der Waals surface area contributed by atoms with Crippen molar-refractivity contribution in [3.05, 3.63) is 36.0 Å². The van der Waals surface area contributed by atoms with Crippen LogP contribution >= 0.6 is 0 Å². The third-order valence-electron chi connectivity index (χ3n) is 4.12. The van der Waals surface area contributed by atoms with E-state index < -0.39 is 10.9 Å². The number of hydrogen-bond donors (Lipinski definition) is 4. The molecule has 0 amide bonds. The zero-order valence-corrected chi connectivity index (χ0v) is 15.6. The summed E-state index contributed by atoms with van der Waals surface area (Å²) in [6.07, 6.45) is 3.34. The molecule has 0 spiro atoms. The molecule has 0 aliphatic heterocycles. The number of benzene rings is 1. The van der Waals surface area contributed by atoms with Gasteiger partial charge in [-0.25, -0.2) is 4.98 Å². The Hall–Kier alpha value is -2.39. The van der Waals surface area contributed by atoms with Gasteiger partial charge in [0.15, 0.2) is 0 Å². The molecule has 1 atom stereocenters. The van der Waals surface area contributed by atoms with Gasteiger partial charge < -0.3 is 18.4 Å². The van der Waals surface area contributed by atoms with Gasteiger partial charge in [0.2, 0.25) is 5.95 Å². The second kappa shape index (κ2) is 8.33. The number of anilines is 3. The average Bonchev–Trinajstić information content (AvgIpc) is 3.45. The lowest BCUT2D eigenvalue weighted by Gasteiger charge is -2.15. The second-order valence-electron chi connectivity index (χ2n) is 6.35. The van der Waals surface area contributed by atoms with E-state index in [-0.39, 0.29) is 0 Å². The summed E-state index contributed by atoms with van der Waals surface area (Å²) < 4.78 is 23.0. The average molecular weight is 375 g/mol. The van der Waals surface area contributed by atoms with Crippen LogP contribution in [-0.4, -0.2) is 20.6 Å². The van der Waals surface area contributed by atoms with Crippen molar-refractivity contribution in [1.82, 2.24) is 9.97 Å². The summed E-state index contributed by atoms with van der Waals surface area (Å²) >= 11 is 0. The number of aromatic nitrogens is 2. The fourth-order valence-electron chi connectivity index (χ4n) is 2.34. The Morgan fingerprint density at radius 1 is 1.27 bits per heavy atom. The van der Waals surface area contributed by atoms with Gasteiger partial charge in [0.25, 0.3) is 0 Å². The molecule has 0 unspecified atom stereocenters. The molecule has 1 heterocycles. The molecule has 4 N–H and O–H groups in total. The summed E-state index contributed by atoms with van der Waals surface area (Å²) in [6.45, 7) is 4.22. The highest BCUT2D eigenvalue weighted by Gasteiger charge is 2.26. The van der Waals surface area contributed by atoms with Crippen LogP contribution in [0.5, 0.6) is 0 Å². The smallest absolute Gasteiger partial charge is 0.225 e. The first-order valence-corrected chi connectivity index (χ1v) is 9.70. The van der Waals surface area contributed by atoms with E-state index >= 15 is 0 Å². The maximum Gasteiger partial charge on any atom is 0.225 e. The summed E-state index contributed by atoms with van der Waals surface area (Å²) in [6, 6.07) is 9.11. The Kier molecular flexibility index (Phi) is 5.89. The highest BCUT2D eigenvalue weighted by atomic mass is 32.2. The molecule has 140 valence electrons. The molecule has 1 fully saturated rings. The van der Waals surface area contributed by atoms with E-state index in [1.807, 2.05) is 6.07 Å². The fraction of sp³-hybridized carbons (Fsp3) is 0.412. The Bertz CT molecular complexity index is 832. The molecule has 26 heavy (non-hydrogen) atoms. The molecule has 0 bridgehead atoms. The van der Waals surface area contributed by atoms with Crippen LogP contribution in [0.25, 0.3) is 0 Å². The predicted octanol–water partition coefficient (Wildman–Crippen LogP) is 4.26. The SMILES string of the molecule is CC[C@H](C)Nc1nc(NNc2ccc(N=[S-](=O)O)cc2)cc(C2CC2)n1. The lowest BCUT2D eigenvalue weighted by atomic mass is 10.2. The number of hydrogen-bond acceptors (Lipinski definition) is 8. The summed E-state index contributed by atoms with van der Waals surface area (Å²) in [5, 5.41) is 3.32. The molecule has 8 nitrogen and oxygen atoms in total. The Morgan fingerprint density at radius 3 is 2.62 bits per heavy atom. The van der Waals surface area contributed by atoms with Crippen molar-refractivity contribution in [2.24, 2.45) is 4.36 Å². The number of nitrogens with one attached hydrogen (secondary N) is 3. The minimum atomic E-state index is -2.20. The van der Waals surface area contributed by atoms with E-state index in [2.05, 4.69) is 44.3 Å². The van der Waals surface area contributed by atoms with Crippen molar-refractivity contribution in [3.8, 4) is 0 Å². The van der Waals surface area contributed by atoms with Gasteiger partial charge in [-0.15, -0.1) is 0 Å². The van der Waals surface area contributed by atoms with Crippen molar-refractivity contribution >= 4 is 34.0 Å². The highest BCUT2D eigenvalue weighted by Crippen LogP contribution is 2.39. The number of rotatable bonds is 8. The molecule has 1 aromatic heterocycles. The largest absolute Gasteiger partial charge is 0.454 e. The van der Waals surface area contributed by atoms with Gasteiger partial charge in [0.05, 0.1) is 11.4 Å². The van der Waals surface area contributed by atoms with Crippen LogP contribution in [0.1, 0.15) is 44.7 Å². The quantitative estimate of drug-likeness (QED) is 0.310. The molecule has 1 aliphatic rings. The normalized spacial score (nSPS) is 16.1. The number of nitrogens with zero attached hydrogens (tertiary/aromatic N) is 3. The highest BCUT2D eigenvalue weighted by molar-refractivity contribution is 7.68. The molecule has 2 aromatic rings. The van der Waals surface area contributed by atoms with E-state index in [4.69, 9.17) is 4.55 Å². The second-order valence-corrected chi connectivity index (χ2v) is 6.99. The molecule has 0 saturated heterocycles. The minimum Gasteiger partial charge on any atom is -0.454 e. The first-order valence-electron chi connectivity index (χ1n) is 8.64. The lowest BCUT2D eigenvalue weighted by Crippen LogP contribution is -2.18. The predicted molar refractivity (Wildman–Crippen MR) is 104 cm³/mol. The van der Waals surface area contributed by atoms with Crippen LogP contribution in [0.15, 0.2) is 34.7 Å². The van der Waals surface area contributed by atoms with Crippen molar-refractivity contribution in [2.45, 2.75) is 45.1 Å². The maximum atomic E-state index is 10.7. The van der Waals surface area contributed by atoms with Gasteiger partial charge in [-0.05, 0) is 50.5 Å². The Balaban J connectivity index is 1.70. The lowest BCUT2D eigenvalue weighted by molar-refractivity contribution is 0.529. The maximum absolute atomic E-state index is 10.7. The van der Waals surface area contributed by atoms with Crippen molar-refractivity contribution in [2.75, 3.05) is 16.2 Å². The third kappa shape index (κ3) is 5.30. The Morgan fingerprint density at radius 2 is 2.00 bits per heavy atom. The van der Waals surface area contributed by atoms with E-state index in [9.17, 15) is 4.21 Å². The van der Waals surface area contributed by atoms with E-state index in [0.29, 0.717) is 29.4 Å². The van der Waals surface area contributed by atoms with Crippen molar-refractivity contribution in [3.63, 3.8) is 0 Å². The molecule has 1 saturated carbocycles. The van der Waals surface area contributed by atoms with Gasteiger partial charge in [-0.1, -0.05) is 17.8 Å². The van der Waals surface area contributed by atoms with Crippen LogP contribution in [0.4, 0.5) is 23.1 Å². The summed E-state index contributed by atoms with van der Waals surface area (Å²) in [7, 11) is -2.20. The Labute approximate surface area is 154 Å². The molecular weight excluding hydrogens is 352 g/mol. The van der Waals surface area contributed by atoms with Gasteiger partial charge in [-0.2, -0.15) is 4.98 Å². The van der Waals surface area contributed by atoms with Crippen LogP contribution in [0.2, 0.25) is 0 Å². The molecule has 1 aromatic carbocycles. The van der Waals surface area contributed by atoms with Crippen LogP contribution in [-0.2, 0) is 15.1 Å². The monoisotopic (exact) mass is 375 g/mol. The standard InChI is InChI=1S/C17H23N6O2S/c1-3-11(2)18-17-19-15(12-4-5-12)10-16(20-17)22-21-13-6-8-14(9-7-13)23-26(24)25/h6-12,21H,3-5H2,1-2H3,(H,23,24,25)(H2,18,19,20,22)/q-1/t11-/m0/s1. The molecular formula is C17H23N6O2S-. The molecule has 3 rings (SSSR count). The summed E-state index contributed by atoms with van der Waals surface area (Å²) in [4.78, 5) is 9.14. The first kappa shape index (κ1) is 18.4. The summed E-state index contributed by atoms with van der Waals surface area (Å²) in [5.74, 6) is 1.85. The van der Waals surface area contributed by atoms with Gasteiger partial charge in [0, 0.05) is 23.7 Å². The molecule has 9 heteroatoms. The van der Waals surface area contributed by atoms with Gasteiger partial charge in [-0.3, -0.25) is 10.9 Å². The van der Waals surface area contributed by atoms with Gasteiger partial charge >= 0.3 is 0 Å².